The number of carbonyl (C=O) groups is 1. The number of aliphatic hydroxyl groups is 1. The minimum Gasteiger partial charge on any atom is -0.495 e. The molecule has 7 heteroatoms. The van der Waals surface area contributed by atoms with E-state index < -0.39 is 6.10 Å². The molecule has 1 atom stereocenters. The molecule has 0 fully saturated rings. The molecule has 4 rings (SSSR count). The number of H-pyrrole nitrogens is 1. The zero-order valence-corrected chi connectivity index (χ0v) is 17.4. The van der Waals surface area contributed by atoms with Gasteiger partial charge in [0.2, 0.25) is 0 Å². The Morgan fingerprint density at radius 3 is 2.59 bits per heavy atom. The number of fused-ring (bicyclic) bond motifs is 1. The Bertz CT molecular complexity index is 1250. The van der Waals surface area contributed by atoms with E-state index in [1.807, 2.05) is 24.3 Å². The molecule has 0 saturated heterocycles. The maximum atomic E-state index is 13.1. The molecule has 1 heterocycles. The number of benzene rings is 3. The third-order valence-electron chi connectivity index (χ3n) is 5.10. The molecule has 1 amide bonds. The summed E-state index contributed by atoms with van der Waals surface area (Å²) >= 11 is 0. The Hall–Kier alpha value is -3.97. The molecule has 3 N–H and O–H groups in total. The summed E-state index contributed by atoms with van der Waals surface area (Å²) in [7, 11) is 1.49. The van der Waals surface area contributed by atoms with Crippen molar-refractivity contribution >= 4 is 29.0 Å². The molecule has 6 nitrogen and oxygen atoms in total. The highest BCUT2D eigenvalue weighted by molar-refractivity contribution is 6.05. The summed E-state index contributed by atoms with van der Waals surface area (Å²) in [6, 6.07) is 18.6. The van der Waals surface area contributed by atoms with Crippen LogP contribution in [0.2, 0.25) is 0 Å². The van der Waals surface area contributed by atoms with E-state index in [0.29, 0.717) is 27.9 Å². The number of carbonyl (C=O) groups excluding carboxylic acids is 1. The molecule has 0 saturated carbocycles. The first-order valence-electron chi connectivity index (χ1n) is 10.1. The second kappa shape index (κ2) is 9.45. The lowest BCUT2D eigenvalue weighted by molar-refractivity contribution is 0.0913. The Labute approximate surface area is 184 Å². The van der Waals surface area contributed by atoms with Crippen LogP contribution in [-0.4, -0.2) is 34.9 Å². The van der Waals surface area contributed by atoms with Gasteiger partial charge in [-0.1, -0.05) is 48.5 Å². The summed E-state index contributed by atoms with van der Waals surface area (Å²) in [5.41, 5.74) is 3.16. The quantitative estimate of drug-likeness (QED) is 0.406. The van der Waals surface area contributed by atoms with Gasteiger partial charge in [-0.15, -0.1) is 0 Å². The van der Waals surface area contributed by atoms with Crippen LogP contribution in [0.4, 0.5) is 4.39 Å². The summed E-state index contributed by atoms with van der Waals surface area (Å²) in [5, 5.41) is 21.0. The van der Waals surface area contributed by atoms with Gasteiger partial charge in [0.25, 0.3) is 5.91 Å². The van der Waals surface area contributed by atoms with Crippen LogP contribution in [0.25, 0.3) is 23.1 Å². The zero-order valence-electron chi connectivity index (χ0n) is 17.4. The van der Waals surface area contributed by atoms with E-state index in [-0.39, 0.29) is 18.3 Å². The Morgan fingerprint density at radius 2 is 1.88 bits per heavy atom. The molecule has 1 unspecified atom stereocenters. The fourth-order valence-electron chi connectivity index (χ4n) is 3.44. The summed E-state index contributed by atoms with van der Waals surface area (Å²) in [6.45, 7) is 0.0623. The lowest BCUT2D eigenvalue weighted by Gasteiger charge is -2.14. The fraction of sp³-hybridized carbons (Fsp3) is 0.120. The Morgan fingerprint density at radius 1 is 1.12 bits per heavy atom. The molecule has 0 aliphatic heterocycles. The van der Waals surface area contributed by atoms with Crippen molar-refractivity contribution < 1.29 is 19.0 Å². The second-order valence-corrected chi connectivity index (χ2v) is 7.20. The first kappa shape index (κ1) is 21.3. The first-order valence-corrected chi connectivity index (χ1v) is 10.1. The number of aromatic nitrogens is 2. The van der Waals surface area contributed by atoms with Crippen LogP contribution in [0.15, 0.2) is 66.7 Å². The maximum Gasteiger partial charge on any atom is 0.255 e. The molecule has 0 bridgehead atoms. The molecule has 162 valence electrons. The van der Waals surface area contributed by atoms with E-state index in [2.05, 4.69) is 15.5 Å². The summed E-state index contributed by atoms with van der Waals surface area (Å²) in [6.07, 6.45) is 2.79. The lowest BCUT2D eigenvalue weighted by atomic mass is 10.1. The van der Waals surface area contributed by atoms with Crippen molar-refractivity contribution in [2.45, 2.75) is 6.10 Å². The van der Waals surface area contributed by atoms with Crippen LogP contribution in [0, 0.1) is 5.82 Å². The number of nitrogens with one attached hydrogen (secondary N) is 2. The molecule has 1 aromatic heterocycles. The van der Waals surface area contributed by atoms with Crippen LogP contribution >= 0.6 is 0 Å². The van der Waals surface area contributed by atoms with Crippen molar-refractivity contribution in [3.8, 4) is 5.75 Å². The van der Waals surface area contributed by atoms with Gasteiger partial charge >= 0.3 is 0 Å². The third-order valence-corrected chi connectivity index (χ3v) is 5.10. The number of aliphatic hydroxyl groups excluding tert-OH is 1. The summed E-state index contributed by atoms with van der Waals surface area (Å²) in [5.74, 6) is -0.293. The number of aromatic amines is 1. The predicted molar refractivity (Wildman–Crippen MR) is 122 cm³/mol. The smallest absolute Gasteiger partial charge is 0.255 e. The van der Waals surface area contributed by atoms with Gasteiger partial charge in [-0.3, -0.25) is 9.89 Å². The standard InChI is InChI=1S/C25H22FN3O3/c1-32-24-19(25(31)27-15-22(30)17-5-3-2-4-6-17)12-14-21-23(24)20(28-29-21)13-9-16-7-10-18(26)11-8-16/h2-14,22,30H,15H2,1H3,(H,27,31)(H,28,29)/b13-9+. The fourth-order valence-corrected chi connectivity index (χ4v) is 3.44. The van der Waals surface area contributed by atoms with Crippen LogP contribution in [0.1, 0.15) is 33.3 Å². The first-order chi connectivity index (χ1) is 15.6. The van der Waals surface area contributed by atoms with Crippen molar-refractivity contribution in [2.75, 3.05) is 13.7 Å². The summed E-state index contributed by atoms with van der Waals surface area (Å²) < 4.78 is 18.7. The van der Waals surface area contributed by atoms with E-state index >= 15 is 0 Å². The number of hydrogen-bond donors (Lipinski definition) is 3. The van der Waals surface area contributed by atoms with Crippen molar-refractivity contribution in [3.05, 3.63) is 94.9 Å². The second-order valence-electron chi connectivity index (χ2n) is 7.20. The van der Waals surface area contributed by atoms with Crippen molar-refractivity contribution in [3.63, 3.8) is 0 Å². The van der Waals surface area contributed by atoms with Gasteiger partial charge in [-0.25, -0.2) is 4.39 Å². The molecular formula is C25H22FN3O3. The molecule has 0 spiro atoms. The highest BCUT2D eigenvalue weighted by Gasteiger charge is 2.19. The number of hydrogen-bond acceptors (Lipinski definition) is 4. The minimum absolute atomic E-state index is 0.0623. The number of amides is 1. The van der Waals surface area contributed by atoms with Gasteiger partial charge in [0.1, 0.15) is 11.6 Å². The van der Waals surface area contributed by atoms with Crippen LogP contribution < -0.4 is 10.1 Å². The number of ether oxygens (including phenoxy) is 1. The number of nitrogens with zero attached hydrogens (tertiary/aromatic N) is 1. The van der Waals surface area contributed by atoms with E-state index in [4.69, 9.17) is 4.74 Å². The molecule has 0 radical (unpaired) electrons. The van der Waals surface area contributed by atoms with Crippen molar-refractivity contribution in [2.24, 2.45) is 0 Å². The SMILES string of the molecule is COc1c(C(=O)NCC(O)c2ccccc2)ccc2n[nH]c(/C=C/c3ccc(F)cc3)c12. The number of methoxy groups -OCH3 is 1. The van der Waals surface area contributed by atoms with Gasteiger partial charge in [0.15, 0.2) is 0 Å². The Balaban J connectivity index is 1.59. The highest BCUT2D eigenvalue weighted by Crippen LogP contribution is 2.32. The maximum absolute atomic E-state index is 13.1. The van der Waals surface area contributed by atoms with E-state index in [1.165, 1.54) is 19.2 Å². The largest absolute Gasteiger partial charge is 0.495 e. The van der Waals surface area contributed by atoms with Gasteiger partial charge in [0.05, 0.1) is 35.4 Å². The average Bonchev–Trinajstić information content (AvgIpc) is 3.25. The molecule has 3 aromatic carbocycles. The highest BCUT2D eigenvalue weighted by atomic mass is 19.1. The zero-order chi connectivity index (χ0) is 22.5. The van der Waals surface area contributed by atoms with Crippen LogP contribution in [-0.2, 0) is 0 Å². The molecular weight excluding hydrogens is 409 g/mol. The van der Waals surface area contributed by atoms with Crippen molar-refractivity contribution in [1.82, 2.24) is 15.5 Å². The van der Waals surface area contributed by atoms with Crippen LogP contribution in [0.3, 0.4) is 0 Å². The van der Waals surface area contributed by atoms with Crippen molar-refractivity contribution in [1.29, 1.82) is 0 Å². The third kappa shape index (κ3) is 4.53. The Kier molecular flexibility index (Phi) is 6.28. The van der Waals surface area contributed by atoms with Gasteiger partial charge in [-0.05, 0) is 41.5 Å². The topological polar surface area (TPSA) is 87.2 Å². The van der Waals surface area contributed by atoms with Gasteiger partial charge in [0, 0.05) is 6.54 Å². The normalized spacial score (nSPS) is 12.2. The predicted octanol–water partition coefficient (Wildman–Crippen LogP) is 4.34. The van der Waals surface area contributed by atoms with Gasteiger partial charge in [-0.2, -0.15) is 5.10 Å². The minimum atomic E-state index is -0.821. The monoisotopic (exact) mass is 431 g/mol. The van der Waals surface area contributed by atoms with E-state index in [1.54, 1.807) is 42.5 Å². The molecule has 0 aliphatic carbocycles. The molecule has 4 aromatic rings. The van der Waals surface area contributed by atoms with Crippen LogP contribution in [0.5, 0.6) is 5.75 Å². The van der Waals surface area contributed by atoms with E-state index in [9.17, 15) is 14.3 Å². The summed E-state index contributed by atoms with van der Waals surface area (Å²) in [4.78, 5) is 12.9. The molecule has 0 aliphatic rings. The van der Waals surface area contributed by atoms with E-state index in [0.717, 1.165) is 11.1 Å². The lowest BCUT2D eigenvalue weighted by Crippen LogP contribution is -2.28. The molecule has 32 heavy (non-hydrogen) atoms. The van der Waals surface area contributed by atoms with Gasteiger partial charge < -0.3 is 15.2 Å². The number of halogens is 1. The average molecular weight is 431 g/mol. The number of rotatable bonds is 7.